The first-order chi connectivity index (χ1) is 18.7. The lowest BCUT2D eigenvalue weighted by Crippen LogP contribution is -2.54. The van der Waals surface area contributed by atoms with Gasteiger partial charge in [-0.3, -0.25) is 4.90 Å². The van der Waals surface area contributed by atoms with Crippen LogP contribution in [0.5, 0.6) is 0 Å². The van der Waals surface area contributed by atoms with Gasteiger partial charge in [-0.15, -0.1) is 0 Å². The van der Waals surface area contributed by atoms with E-state index in [9.17, 15) is 35.9 Å². The Morgan fingerprint density at radius 3 is 2.17 bits per heavy atom. The van der Waals surface area contributed by atoms with Gasteiger partial charge in [-0.1, -0.05) is 12.1 Å². The fourth-order valence-corrected chi connectivity index (χ4v) is 6.50. The van der Waals surface area contributed by atoms with Crippen LogP contribution in [0.2, 0.25) is 0 Å². The zero-order valence-corrected chi connectivity index (χ0v) is 22.9. The zero-order valence-electron chi connectivity index (χ0n) is 22.9. The van der Waals surface area contributed by atoms with Crippen molar-refractivity contribution in [3.63, 3.8) is 0 Å². The number of Topliss-reactive ketones (excluding diaryl/α,β-unsaturated/α-hetero) is 1. The molecule has 224 valence electrons. The molecule has 4 rings (SSSR count). The molecule has 3 aliphatic heterocycles. The molecule has 0 aliphatic carbocycles. The zero-order chi connectivity index (χ0) is 29.3. The maximum atomic E-state index is 12.9. The van der Waals surface area contributed by atoms with Crippen molar-refractivity contribution in [2.75, 3.05) is 37.6 Å². The normalized spacial score (nSPS) is 20.9. The highest BCUT2D eigenvalue weighted by molar-refractivity contribution is 5.75. The van der Waals surface area contributed by atoms with Gasteiger partial charge in [0.05, 0.1) is 0 Å². The molecule has 1 aromatic rings. The number of piperidine rings is 2. The van der Waals surface area contributed by atoms with Crippen LogP contribution in [0.25, 0.3) is 0 Å². The number of aryl methyl sites for hydroxylation is 1. The quantitative estimate of drug-likeness (QED) is 0.374. The van der Waals surface area contributed by atoms with E-state index in [1.165, 1.54) is 0 Å². The van der Waals surface area contributed by atoms with Crippen LogP contribution < -0.4 is 4.90 Å². The van der Waals surface area contributed by atoms with Crippen LogP contribution in [-0.2, 0) is 16.1 Å². The van der Waals surface area contributed by atoms with Crippen molar-refractivity contribution in [3.8, 4) is 0 Å². The molecule has 3 fully saturated rings. The second-order valence-electron chi connectivity index (χ2n) is 11.6. The summed E-state index contributed by atoms with van der Waals surface area (Å²) < 4.78 is 81.1. The Morgan fingerprint density at radius 2 is 1.60 bits per heavy atom. The van der Waals surface area contributed by atoms with Gasteiger partial charge in [-0.05, 0) is 82.0 Å². The van der Waals surface area contributed by atoms with Crippen LogP contribution in [0.3, 0.4) is 0 Å². The Morgan fingerprint density at radius 1 is 0.975 bits per heavy atom. The molecule has 1 amide bonds. The second-order valence-corrected chi connectivity index (χ2v) is 11.6. The lowest BCUT2D eigenvalue weighted by molar-refractivity contribution is -0.308. The molecule has 6 nitrogen and oxygen atoms in total. The van der Waals surface area contributed by atoms with E-state index in [1.807, 2.05) is 6.92 Å². The average molecular weight is 578 g/mol. The first-order valence-electron chi connectivity index (χ1n) is 13.9. The van der Waals surface area contributed by atoms with Gasteiger partial charge in [-0.2, -0.15) is 26.3 Å². The average Bonchev–Trinajstić information content (AvgIpc) is 3.23. The van der Waals surface area contributed by atoms with E-state index in [0.29, 0.717) is 31.7 Å². The number of ether oxygens (including phenoxy) is 1. The molecule has 0 atom stereocenters. The topological polar surface area (TPSA) is 53.1 Å². The molecule has 12 heteroatoms. The van der Waals surface area contributed by atoms with Gasteiger partial charge < -0.3 is 19.3 Å². The first-order valence-corrected chi connectivity index (χ1v) is 13.9. The third kappa shape index (κ3) is 7.03. The van der Waals surface area contributed by atoms with Crippen molar-refractivity contribution in [1.82, 2.24) is 9.80 Å². The van der Waals surface area contributed by atoms with E-state index in [4.69, 9.17) is 0 Å². The summed E-state index contributed by atoms with van der Waals surface area (Å²) in [4.78, 5) is 29.5. The molecule has 0 bridgehead atoms. The Kier molecular flexibility index (Phi) is 8.97. The highest BCUT2D eigenvalue weighted by atomic mass is 19.4. The monoisotopic (exact) mass is 577 g/mol. The molecular weight excluding hydrogens is 540 g/mol. The Balaban J connectivity index is 1.41. The minimum absolute atomic E-state index is 0.0299. The molecule has 40 heavy (non-hydrogen) atoms. The summed E-state index contributed by atoms with van der Waals surface area (Å²) in [5.74, 6) is 0.622. The predicted octanol–water partition coefficient (Wildman–Crippen LogP) is 6.25. The number of rotatable bonds is 6. The highest BCUT2D eigenvalue weighted by Crippen LogP contribution is 2.42. The van der Waals surface area contributed by atoms with Crippen molar-refractivity contribution in [2.45, 2.75) is 89.3 Å². The Hall–Kier alpha value is -2.50. The number of hydrogen-bond donors (Lipinski definition) is 0. The number of benzene rings is 1. The van der Waals surface area contributed by atoms with Crippen LogP contribution in [0.4, 0.5) is 36.8 Å². The van der Waals surface area contributed by atoms with E-state index < -0.39 is 24.5 Å². The largest absolute Gasteiger partial charge is 0.434 e. The second kappa shape index (κ2) is 11.8. The van der Waals surface area contributed by atoms with E-state index >= 15 is 0 Å². The molecule has 3 saturated heterocycles. The summed E-state index contributed by atoms with van der Waals surface area (Å²) >= 11 is 0. The van der Waals surface area contributed by atoms with Crippen molar-refractivity contribution in [1.29, 1.82) is 0 Å². The summed E-state index contributed by atoms with van der Waals surface area (Å²) in [6, 6.07) is 6.37. The molecule has 1 spiro atoms. The Bertz CT molecular complexity index is 1050. The summed E-state index contributed by atoms with van der Waals surface area (Å²) in [6.07, 6.45) is -12.0. The number of halogens is 6. The molecule has 0 aromatic heterocycles. The smallest absolute Gasteiger partial charge is 0.426 e. The predicted molar refractivity (Wildman–Crippen MR) is 137 cm³/mol. The van der Waals surface area contributed by atoms with E-state index in [1.54, 1.807) is 6.92 Å². The van der Waals surface area contributed by atoms with Gasteiger partial charge in [-0.25, -0.2) is 4.79 Å². The van der Waals surface area contributed by atoms with Crippen LogP contribution in [0.1, 0.15) is 63.0 Å². The van der Waals surface area contributed by atoms with E-state index in [-0.39, 0.29) is 24.4 Å². The lowest BCUT2D eigenvalue weighted by atomic mass is 9.84. The van der Waals surface area contributed by atoms with Crippen molar-refractivity contribution < 1.29 is 40.7 Å². The fourth-order valence-electron chi connectivity index (χ4n) is 6.50. The molecule has 3 heterocycles. The van der Waals surface area contributed by atoms with Crippen LogP contribution in [0, 0.1) is 12.8 Å². The number of hydrogen-bond acceptors (Lipinski definition) is 5. The summed E-state index contributed by atoms with van der Waals surface area (Å²) in [6.45, 7) is 6.96. The number of nitrogens with zero attached hydrogens (tertiary/aromatic N) is 3. The van der Waals surface area contributed by atoms with Crippen molar-refractivity contribution >= 4 is 17.6 Å². The molecule has 1 aromatic carbocycles. The molecule has 0 unspecified atom stereocenters. The van der Waals surface area contributed by atoms with Crippen LogP contribution in [0.15, 0.2) is 18.2 Å². The maximum Gasteiger partial charge on any atom is 0.434 e. The van der Waals surface area contributed by atoms with Crippen LogP contribution in [-0.4, -0.2) is 78.4 Å². The third-order valence-corrected chi connectivity index (χ3v) is 8.64. The number of ketones is 1. The molecule has 0 saturated carbocycles. The molecule has 0 N–H and O–H groups in total. The molecule has 3 aliphatic rings. The summed E-state index contributed by atoms with van der Waals surface area (Å²) in [5, 5.41) is 0. The molecular formula is C28H37F6N3O3. The Labute approximate surface area is 230 Å². The van der Waals surface area contributed by atoms with Crippen LogP contribution >= 0.6 is 0 Å². The van der Waals surface area contributed by atoms with Crippen molar-refractivity contribution in [3.05, 3.63) is 29.3 Å². The minimum atomic E-state index is -5.73. The van der Waals surface area contributed by atoms with Gasteiger partial charge in [0.15, 0.2) is 0 Å². The summed E-state index contributed by atoms with van der Waals surface area (Å²) in [5.41, 5.74) is 3.19. The number of alkyl halides is 6. The minimum Gasteiger partial charge on any atom is -0.426 e. The van der Waals surface area contributed by atoms with Gasteiger partial charge in [0.1, 0.15) is 5.78 Å². The number of carbonyl (C=O) groups is 2. The standard InChI is InChI=1S/C28H37F6N3O3/c1-19-4-5-22(23(16-19)35-12-6-21(7-13-35)17-20(2)38)18-37-11-3-8-26(37)9-14-36(15-10-26)25(39)40-24(27(29,30)31)28(32,33)34/h4-5,16,21,24H,3,6-15,17-18H2,1-2H3. The number of anilines is 1. The van der Waals surface area contributed by atoms with Gasteiger partial charge in [0.25, 0.3) is 6.10 Å². The van der Waals surface area contributed by atoms with Gasteiger partial charge in [0.2, 0.25) is 0 Å². The first kappa shape index (κ1) is 30.5. The number of carbonyl (C=O) groups excluding carboxylic acids is 2. The maximum absolute atomic E-state index is 12.9. The molecule has 0 radical (unpaired) electrons. The van der Waals surface area contributed by atoms with E-state index in [2.05, 4.69) is 32.7 Å². The van der Waals surface area contributed by atoms with Gasteiger partial charge >= 0.3 is 18.4 Å². The fraction of sp³-hybridized carbons (Fsp3) is 0.714. The van der Waals surface area contributed by atoms with Crippen molar-refractivity contribution in [2.24, 2.45) is 5.92 Å². The third-order valence-electron chi connectivity index (χ3n) is 8.64. The number of amides is 1. The number of likely N-dealkylation sites (tertiary alicyclic amines) is 2. The highest BCUT2D eigenvalue weighted by Gasteiger charge is 2.60. The lowest BCUT2D eigenvalue weighted by Gasteiger charge is -2.45. The van der Waals surface area contributed by atoms with E-state index in [0.717, 1.165) is 67.0 Å². The van der Waals surface area contributed by atoms with Gasteiger partial charge in [0, 0.05) is 50.4 Å². The summed E-state index contributed by atoms with van der Waals surface area (Å²) in [7, 11) is 0. The SMILES string of the molecule is CC(=O)CC1CCN(c2cc(C)ccc2CN2CCCC23CCN(C(=O)OC(C(F)(F)F)C(F)(F)F)CC3)CC1.